The molecule has 0 fully saturated rings. The van der Waals surface area contributed by atoms with E-state index in [0.29, 0.717) is 31.6 Å². The van der Waals surface area contributed by atoms with Gasteiger partial charge < -0.3 is 33.8 Å². The van der Waals surface area contributed by atoms with Crippen molar-refractivity contribution in [2.75, 3.05) is 39.6 Å². The Hall–Kier alpha value is -1.94. The molecule has 17 nitrogen and oxygen atoms in total. The van der Waals surface area contributed by atoms with Gasteiger partial charge in [0.05, 0.1) is 26.4 Å². The number of rotatable bonds is 73. The lowest BCUT2D eigenvalue weighted by Gasteiger charge is -2.21. The molecule has 5 atom stereocenters. The summed E-state index contributed by atoms with van der Waals surface area (Å²) in [6.07, 6.45) is 54.4. The highest BCUT2D eigenvalue weighted by molar-refractivity contribution is 7.47. The molecule has 0 amide bonds. The summed E-state index contributed by atoms with van der Waals surface area (Å²) < 4.78 is 68.3. The van der Waals surface area contributed by atoms with Gasteiger partial charge in [-0.3, -0.25) is 37.3 Å². The van der Waals surface area contributed by atoms with Crippen LogP contribution in [-0.2, 0) is 65.4 Å². The quantitative estimate of drug-likeness (QED) is 0.0222. The predicted octanol–water partition coefficient (Wildman–Crippen LogP) is 21.3. The van der Waals surface area contributed by atoms with Crippen molar-refractivity contribution in [2.24, 2.45) is 5.92 Å². The minimum atomic E-state index is -4.95. The Kier molecular flexibility index (Phi) is 64.9. The number of hydrogen-bond donors (Lipinski definition) is 3. The third-order valence-corrected chi connectivity index (χ3v) is 18.9. The van der Waals surface area contributed by atoms with Crippen LogP contribution in [0.4, 0.5) is 0 Å². The standard InChI is InChI=1S/C73H142O17P2/c1-6-9-12-15-18-21-23-25-26-27-28-29-30-31-32-34-36-39-42-48-53-58-72(77)89-68(62-84-71(76)57-52-47-41-38-35-33-24-22-19-16-13-10-7-2)64-87-91(79,80)85-60-67(74)61-86-92(81,82)88-65-69(90-73(78)59-54-49-44-43-45-50-55-66(4)5)63-83-70(75)56-51-46-40-37-20-17-14-11-8-3/h66-69,74H,6-65H2,1-5H3,(H,79,80)(H,81,82)/t67-,68-,69-/m1/s1. The highest BCUT2D eigenvalue weighted by Gasteiger charge is 2.30. The second-order valence-electron chi connectivity index (χ2n) is 26.8. The number of aliphatic hydroxyl groups is 1. The highest BCUT2D eigenvalue weighted by Crippen LogP contribution is 2.45. The van der Waals surface area contributed by atoms with E-state index in [1.165, 1.54) is 205 Å². The minimum Gasteiger partial charge on any atom is -0.462 e. The van der Waals surface area contributed by atoms with E-state index >= 15 is 0 Å². The van der Waals surface area contributed by atoms with Crippen molar-refractivity contribution in [3.8, 4) is 0 Å². The van der Waals surface area contributed by atoms with Crippen molar-refractivity contribution in [1.29, 1.82) is 0 Å². The van der Waals surface area contributed by atoms with Gasteiger partial charge in [-0.15, -0.1) is 0 Å². The van der Waals surface area contributed by atoms with E-state index in [4.69, 9.17) is 37.0 Å². The summed E-state index contributed by atoms with van der Waals surface area (Å²) in [7, 11) is -9.90. The highest BCUT2D eigenvalue weighted by atomic mass is 31.2. The van der Waals surface area contributed by atoms with Gasteiger partial charge in [0.2, 0.25) is 0 Å². The largest absolute Gasteiger partial charge is 0.472 e. The number of carbonyl (C=O) groups is 4. The molecule has 546 valence electrons. The van der Waals surface area contributed by atoms with E-state index < -0.39 is 97.5 Å². The summed E-state index contributed by atoms with van der Waals surface area (Å²) in [4.78, 5) is 72.5. The Morgan fingerprint density at radius 1 is 0.293 bits per heavy atom. The molecule has 3 N–H and O–H groups in total. The smallest absolute Gasteiger partial charge is 0.462 e. The number of phosphoric ester groups is 2. The van der Waals surface area contributed by atoms with Crippen molar-refractivity contribution in [3.05, 3.63) is 0 Å². The molecule has 0 bridgehead atoms. The van der Waals surface area contributed by atoms with E-state index in [2.05, 4.69) is 34.6 Å². The van der Waals surface area contributed by atoms with Crippen molar-refractivity contribution in [1.82, 2.24) is 0 Å². The monoisotopic (exact) mass is 1350 g/mol. The number of esters is 4. The Bertz CT molecular complexity index is 1770. The average molecular weight is 1350 g/mol. The van der Waals surface area contributed by atoms with Gasteiger partial charge in [-0.1, -0.05) is 330 Å². The van der Waals surface area contributed by atoms with Crippen LogP contribution in [-0.4, -0.2) is 96.7 Å². The molecule has 0 heterocycles. The Morgan fingerprint density at radius 3 is 0.739 bits per heavy atom. The lowest BCUT2D eigenvalue weighted by Crippen LogP contribution is -2.30. The molecule has 0 saturated carbocycles. The normalized spacial score (nSPS) is 14.0. The molecule has 0 radical (unpaired) electrons. The van der Waals surface area contributed by atoms with Gasteiger partial charge in [0, 0.05) is 25.7 Å². The van der Waals surface area contributed by atoms with Gasteiger partial charge >= 0.3 is 39.5 Å². The van der Waals surface area contributed by atoms with Gasteiger partial charge in [0.25, 0.3) is 0 Å². The van der Waals surface area contributed by atoms with Crippen LogP contribution in [0.2, 0.25) is 0 Å². The minimum absolute atomic E-state index is 0.102. The van der Waals surface area contributed by atoms with Crippen LogP contribution in [0, 0.1) is 5.92 Å². The van der Waals surface area contributed by atoms with Gasteiger partial charge in [-0.25, -0.2) is 9.13 Å². The molecular weight excluding hydrogens is 1210 g/mol. The molecule has 0 saturated heterocycles. The van der Waals surface area contributed by atoms with E-state index in [1.807, 2.05) is 0 Å². The summed E-state index contributed by atoms with van der Waals surface area (Å²) in [5.41, 5.74) is 0. The fraction of sp³-hybridized carbons (Fsp3) is 0.945. The van der Waals surface area contributed by atoms with Crippen molar-refractivity contribution >= 4 is 39.5 Å². The van der Waals surface area contributed by atoms with Gasteiger partial charge in [-0.2, -0.15) is 0 Å². The number of hydrogen-bond acceptors (Lipinski definition) is 15. The van der Waals surface area contributed by atoms with Crippen LogP contribution in [0.1, 0.15) is 381 Å². The number of aliphatic hydroxyl groups excluding tert-OH is 1. The lowest BCUT2D eigenvalue weighted by atomic mass is 10.0. The average Bonchev–Trinajstić information content (AvgIpc) is 2.19. The fourth-order valence-corrected chi connectivity index (χ4v) is 12.8. The SMILES string of the molecule is CCCCCCCCCCCCCCCCCCCCCCCC(=O)O[C@H](COC(=O)CCCCCCCCCCCCCCC)COP(=O)(O)OC[C@@H](O)COP(=O)(O)OC[C@@H](COC(=O)CCCCCCCCCCC)OC(=O)CCCCCCCCC(C)C. The summed E-state index contributed by atoms with van der Waals surface area (Å²) in [5, 5.41) is 10.6. The maximum absolute atomic E-state index is 13.1. The first-order valence-electron chi connectivity index (χ1n) is 38.1. The topological polar surface area (TPSA) is 237 Å². The first-order valence-corrected chi connectivity index (χ1v) is 41.1. The van der Waals surface area contributed by atoms with E-state index in [-0.39, 0.29) is 25.7 Å². The Labute approximate surface area is 562 Å². The zero-order valence-corrected chi connectivity index (χ0v) is 61.5. The van der Waals surface area contributed by atoms with Gasteiger partial charge in [0.15, 0.2) is 12.2 Å². The fourth-order valence-electron chi connectivity index (χ4n) is 11.2. The second-order valence-corrected chi connectivity index (χ2v) is 29.7. The predicted molar refractivity (Wildman–Crippen MR) is 372 cm³/mol. The van der Waals surface area contributed by atoms with E-state index in [0.717, 1.165) is 89.9 Å². The zero-order chi connectivity index (χ0) is 67.7. The van der Waals surface area contributed by atoms with Crippen LogP contribution in [0.5, 0.6) is 0 Å². The van der Waals surface area contributed by atoms with Crippen LogP contribution in [0.3, 0.4) is 0 Å². The van der Waals surface area contributed by atoms with Crippen LogP contribution < -0.4 is 0 Å². The third-order valence-electron chi connectivity index (χ3n) is 17.0. The maximum atomic E-state index is 13.1. The van der Waals surface area contributed by atoms with E-state index in [9.17, 15) is 43.2 Å². The molecular formula is C73H142O17P2. The van der Waals surface area contributed by atoms with Crippen LogP contribution in [0.25, 0.3) is 0 Å². The number of phosphoric acid groups is 2. The van der Waals surface area contributed by atoms with Gasteiger partial charge in [-0.05, 0) is 31.6 Å². The molecule has 0 rings (SSSR count). The lowest BCUT2D eigenvalue weighted by molar-refractivity contribution is -0.161. The summed E-state index contributed by atoms with van der Waals surface area (Å²) in [6.45, 7) is 7.15. The molecule has 0 aliphatic rings. The summed E-state index contributed by atoms with van der Waals surface area (Å²) in [5.74, 6) is -1.46. The molecule has 0 spiro atoms. The second kappa shape index (κ2) is 66.3. The van der Waals surface area contributed by atoms with Crippen LogP contribution in [0.15, 0.2) is 0 Å². The van der Waals surface area contributed by atoms with Crippen molar-refractivity contribution in [3.63, 3.8) is 0 Å². The Balaban J connectivity index is 5.16. The maximum Gasteiger partial charge on any atom is 0.472 e. The Morgan fingerprint density at radius 2 is 0.500 bits per heavy atom. The van der Waals surface area contributed by atoms with Crippen molar-refractivity contribution in [2.45, 2.75) is 400 Å². The molecule has 0 aliphatic carbocycles. The first kappa shape index (κ1) is 90.1. The molecule has 0 aromatic rings. The molecule has 2 unspecified atom stereocenters. The molecule has 19 heteroatoms. The molecule has 92 heavy (non-hydrogen) atoms. The summed E-state index contributed by atoms with van der Waals surface area (Å²) in [6, 6.07) is 0. The van der Waals surface area contributed by atoms with Crippen LogP contribution >= 0.6 is 15.6 Å². The third kappa shape index (κ3) is 66.7. The molecule has 0 aliphatic heterocycles. The number of unbranched alkanes of at least 4 members (excludes halogenated alkanes) is 45. The zero-order valence-electron chi connectivity index (χ0n) is 59.7. The molecule has 0 aromatic carbocycles. The number of ether oxygens (including phenoxy) is 4. The number of carbonyl (C=O) groups excluding carboxylic acids is 4. The first-order chi connectivity index (χ1) is 44.5. The molecule has 0 aromatic heterocycles. The van der Waals surface area contributed by atoms with E-state index in [1.54, 1.807) is 0 Å². The summed E-state index contributed by atoms with van der Waals surface area (Å²) >= 11 is 0. The van der Waals surface area contributed by atoms with Gasteiger partial charge in [0.1, 0.15) is 19.3 Å². The van der Waals surface area contributed by atoms with Crippen molar-refractivity contribution < 1.29 is 80.2 Å².